The summed E-state index contributed by atoms with van der Waals surface area (Å²) >= 11 is 0. The summed E-state index contributed by atoms with van der Waals surface area (Å²) in [5.74, 6) is 0.00937. The highest BCUT2D eigenvalue weighted by Crippen LogP contribution is 2.42. The molecule has 2 amide bonds. The number of nitrogens with one attached hydrogen (secondary N) is 1. The van der Waals surface area contributed by atoms with E-state index < -0.39 is 9.84 Å². The average Bonchev–Trinajstić information content (AvgIpc) is 3.30. The number of rotatable bonds is 10. The van der Waals surface area contributed by atoms with Gasteiger partial charge in [0, 0.05) is 25.9 Å². The summed E-state index contributed by atoms with van der Waals surface area (Å²) in [5, 5.41) is 3.31. The molecule has 3 aromatic rings. The lowest BCUT2D eigenvalue weighted by Gasteiger charge is -2.38. The summed E-state index contributed by atoms with van der Waals surface area (Å²) in [4.78, 5) is 31.4. The fourth-order valence-electron chi connectivity index (χ4n) is 6.28. The molecule has 42 heavy (non-hydrogen) atoms. The van der Waals surface area contributed by atoms with E-state index in [1.54, 1.807) is 24.3 Å². The Kier molecular flexibility index (Phi) is 9.13. The Labute approximate surface area is 249 Å². The number of likely N-dealkylation sites (tertiary alicyclic amines) is 2. The maximum atomic E-state index is 13.5. The first kappa shape index (κ1) is 30.0. The van der Waals surface area contributed by atoms with Crippen molar-refractivity contribution in [2.24, 2.45) is 5.41 Å². The van der Waals surface area contributed by atoms with E-state index >= 15 is 0 Å². The minimum atomic E-state index is -3.24. The van der Waals surface area contributed by atoms with Gasteiger partial charge in [0.25, 0.3) is 0 Å². The average molecular weight is 588 g/mol. The highest BCUT2D eigenvalue weighted by atomic mass is 32.2. The van der Waals surface area contributed by atoms with Crippen LogP contribution in [0, 0.1) is 5.41 Å². The van der Waals surface area contributed by atoms with Gasteiger partial charge in [-0.1, -0.05) is 72.8 Å². The molecule has 0 saturated carbocycles. The topological polar surface area (TPSA) is 86.8 Å². The van der Waals surface area contributed by atoms with Crippen molar-refractivity contribution in [1.82, 2.24) is 15.1 Å². The standard InChI is InChI=1S/C34H41N3O4S/c1-26(28-9-5-3-6-10-28)32(38)35-31(29-11-7-4-8-12-29)17-21-36-22-18-34(19-23-36)20-24-37(33(34)39)25-27-13-15-30(16-14-27)42(2,40)41/h3-16,26,31H,17-25H2,1-2H3,(H,35,38)/t26-,31-/m0/s1. The highest BCUT2D eigenvalue weighted by Gasteiger charge is 2.47. The van der Waals surface area contributed by atoms with Crippen LogP contribution in [0.5, 0.6) is 0 Å². The summed E-state index contributed by atoms with van der Waals surface area (Å²) < 4.78 is 23.5. The first-order valence-corrected chi connectivity index (χ1v) is 16.7. The summed E-state index contributed by atoms with van der Waals surface area (Å²) in [6, 6.07) is 26.8. The van der Waals surface area contributed by atoms with Gasteiger partial charge < -0.3 is 15.1 Å². The lowest BCUT2D eigenvalue weighted by Crippen LogP contribution is -2.45. The van der Waals surface area contributed by atoms with Crippen molar-refractivity contribution < 1.29 is 18.0 Å². The van der Waals surface area contributed by atoms with E-state index in [1.165, 1.54) is 6.26 Å². The zero-order chi connectivity index (χ0) is 29.7. The van der Waals surface area contributed by atoms with Crippen molar-refractivity contribution in [3.63, 3.8) is 0 Å². The molecule has 2 fully saturated rings. The second kappa shape index (κ2) is 12.8. The van der Waals surface area contributed by atoms with Gasteiger partial charge in [-0.2, -0.15) is 0 Å². The normalized spacial score (nSPS) is 18.6. The Morgan fingerprint density at radius 1 is 0.857 bits per heavy atom. The van der Waals surface area contributed by atoms with Crippen LogP contribution >= 0.6 is 0 Å². The van der Waals surface area contributed by atoms with Crippen molar-refractivity contribution in [2.45, 2.75) is 56.0 Å². The predicted molar refractivity (Wildman–Crippen MR) is 164 cm³/mol. The summed E-state index contributed by atoms with van der Waals surface area (Å²) in [6.45, 7) is 5.75. The fraction of sp³-hybridized carbons (Fsp3) is 0.412. The molecule has 2 aliphatic heterocycles. The Morgan fingerprint density at radius 3 is 2.02 bits per heavy atom. The van der Waals surface area contributed by atoms with Crippen LogP contribution in [0.2, 0.25) is 0 Å². The molecule has 2 aliphatic rings. The molecule has 8 heteroatoms. The van der Waals surface area contributed by atoms with E-state index in [1.807, 2.05) is 60.4 Å². The molecule has 2 saturated heterocycles. The molecule has 2 heterocycles. The molecule has 0 unspecified atom stereocenters. The van der Waals surface area contributed by atoms with Crippen LogP contribution in [0.3, 0.4) is 0 Å². The van der Waals surface area contributed by atoms with Crippen molar-refractivity contribution in [3.05, 3.63) is 102 Å². The molecule has 2 atom stereocenters. The van der Waals surface area contributed by atoms with E-state index in [-0.39, 0.29) is 29.2 Å². The first-order chi connectivity index (χ1) is 20.1. The van der Waals surface area contributed by atoms with Gasteiger partial charge in [-0.15, -0.1) is 0 Å². The number of hydrogen-bond acceptors (Lipinski definition) is 5. The number of piperidine rings is 1. The Balaban J connectivity index is 1.16. The number of hydrogen-bond donors (Lipinski definition) is 1. The van der Waals surface area contributed by atoms with Crippen LogP contribution in [0.15, 0.2) is 89.8 Å². The maximum Gasteiger partial charge on any atom is 0.229 e. The van der Waals surface area contributed by atoms with Crippen molar-refractivity contribution >= 4 is 21.7 Å². The highest BCUT2D eigenvalue weighted by molar-refractivity contribution is 7.90. The molecular weight excluding hydrogens is 546 g/mol. The fourth-order valence-corrected chi connectivity index (χ4v) is 6.91. The molecule has 0 aliphatic carbocycles. The third kappa shape index (κ3) is 6.93. The predicted octanol–water partition coefficient (Wildman–Crippen LogP) is 4.96. The van der Waals surface area contributed by atoms with Crippen LogP contribution in [0.1, 0.15) is 61.3 Å². The summed E-state index contributed by atoms with van der Waals surface area (Å²) in [7, 11) is -3.24. The van der Waals surface area contributed by atoms with Crippen LogP contribution in [-0.2, 0) is 26.0 Å². The first-order valence-electron chi connectivity index (χ1n) is 14.9. The third-order valence-corrected chi connectivity index (χ3v) is 10.2. The molecule has 0 aromatic heterocycles. The number of carbonyl (C=O) groups is 2. The van der Waals surface area contributed by atoms with Gasteiger partial charge in [0.1, 0.15) is 0 Å². The SMILES string of the molecule is C[C@H](C(=O)N[C@@H](CCN1CCC2(CC1)CCN(Cc1ccc(S(C)(=O)=O)cc1)C2=O)c1ccccc1)c1ccccc1. The molecule has 3 aromatic carbocycles. The Hall–Kier alpha value is -3.49. The number of sulfone groups is 1. The number of benzene rings is 3. The van der Waals surface area contributed by atoms with Crippen LogP contribution in [0.4, 0.5) is 0 Å². The molecule has 5 rings (SSSR count). The van der Waals surface area contributed by atoms with Gasteiger partial charge in [-0.05, 0) is 74.5 Å². The molecule has 222 valence electrons. The van der Waals surface area contributed by atoms with E-state index in [2.05, 4.69) is 22.3 Å². The quantitative estimate of drug-likeness (QED) is 0.363. The van der Waals surface area contributed by atoms with Gasteiger partial charge in [0.05, 0.1) is 22.3 Å². The Bertz CT molecular complexity index is 1470. The molecule has 7 nitrogen and oxygen atoms in total. The van der Waals surface area contributed by atoms with Gasteiger partial charge in [-0.25, -0.2) is 8.42 Å². The van der Waals surface area contributed by atoms with E-state index in [0.717, 1.165) is 68.6 Å². The number of carbonyl (C=O) groups excluding carboxylic acids is 2. The van der Waals surface area contributed by atoms with Gasteiger partial charge >= 0.3 is 0 Å². The minimum Gasteiger partial charge on any atom is -0.349 e. The smallest absolute Gasteiger partial charge is 0.229 e. The zero-order valence-electron chi connectivity index (χ0n) is 24.5. The number of nitrogens with zero attached hydrogens (tertiary/aromatic N) is 2. The second-order valence-corrected chi connectivity index (χ2v) is 13.9. The third-order valence-electron chi connectivity index (χ3n) is 9.08. The van der Waals surface area contributed by atoms with Crippen LogP contribution < -0.4 is 5.32 Å². The Morgan fingerprint density at radius 2 is 1.43 bits per heavy atom. The van der Waals surface area contributed by atoms with Gasteiger partial charge in [0.2, 0.25) is 11.8 Å². The monoisotopic (exact) mass is 587 g/mol. The lowest BCUT2D eigenvalue weighted by molar-refractivity contribution is -0.139. The molecular formula is C34H41N3O4S. The molecule has 1 spiro atoms. The molecule has 0 bridgehead atoms. The van der Waals surface area contributed by atoms with E-state index in [0.29, 0.717) is 11.4 Å². The lowest BCUT2D eigenvalue weighted by atomic mass is 9.77. The van der Waals surface area contributed by atoms with Crippen molar-refractivity contribution in [3.8, 4) is 0 Å². The largest absolute Gasteiger partial charge is 0.349 e. The molecule has 0 radical (unpaired) electrons. The van der Waals surface area contributed by atoms with Crippen LogP contribution in [-0.4, -0.2) is 62.5 Å². The van der Waals surface area contributed by atoms with Crippen molar-refractivity contribution in [2.75, 3.05) is 32.4 Å². The maximum absolute atomic E-state index is 13.5. The van der Waals surface area contributed by atoms with E-state index in [4.69, 9.17) is 0 Å². The van der Waals surface area contributed by atoms with Crippen molar-refractivity contribution in [1.29, 1.82) is 0 Å². The second-order valence-electron chi connectivity index (χ2n) is 11.9. The number of amides is 2. The zero-order valence-corrected chi connectivity index (χ0v) is 25.4. The van der Waals surface area contributed by atoms with Gasteiger partial charge in [0.15, 0.2) is 9.84 Å². The van der Waals surface area contributed by atoms with Crippen LogP contribution in [0.25, 0.3) is 0 Å². The minimum absolute atomic E-state index is 0.0234. The summed E-state index contributed by atoms with van der Waals surface area (Å²) in [5.41, 5.74) is 2.75. The summed E-state index contributed by atoms with van der Waals surface area (Å²) in [6.07, 6.45) is 4.53. The van der Waals surface area contributed by atoms with E-state index in [9.17, 15) is 18.0 Å². The molecule has 1 N–H and O–H groups in total. The van der Waals surface area contributed by atoms with Gasteiger partial charge in [-0.3, -0.25) is 9.59 Å².